The highest BCUT2D eigenvalue weighted by molar-refractivity contribution is 8.77. The van der Waals surface area contributed by atoms with E-state index in [1.54, 1.807) is 34.6 Å². The quantitative estimate of drug-likeness (QED) is 0.0776. The normalized spacial score (nSPS) is 46.3. The van der Waals surface area contributed by atoms with E-state index in [0.29, 0.717) is 56.5 Å². The van der Waals surface area contributed by atoms with Gasteiger partial charge in [-0.3, -0.25) is 15.3 Å². The molecular weight excluding hydrogens is 757 g/mol. The number of esters is 2. The fourth-order valence-electron chi connectivity index (χ4n) is 12.8. The van der Waals surface area contributed by atoms with E-state index in [0.717, 1.165) is 31.1 Å². The zero-order chi connectivity index (χ0) is 39.5. The molecule has 310 valence electrons. The van der Waals surface area contributed by atoms with Crippen molar-refractivity contribution in [2.75, 3.05) is 39.1 Å². The number of allylic oxidation sites excluding steroid dienone is 1. The fraction of sp³-hybridized carbons (Fsp3) is 0.805. The van der Waals surface area contributed by atoms with Gasteiger partial charge in [0, 0.05) is 79.6 Å². The van der Waals surface area contributed by atoms with Crippen LogP contribution in [0, 0.1) is 47.3 Å². The molecule has 2 saturated carbocycles. The minimum Gasteiger partial charge on any atom is -0.462 e. The SMILES string of the molecule is CC=C(CCO)C(=O)OC1(C)C(CO)C=C2CSSC3CC(C=O)C([NH2+]C)C4CN(C(=O)CC5C[NH2+]C(N)CC5C2C12CC1CC5CCC(=O)OC5CC1O2)C34. The highest BCUT2D eigenvalue weighted by atomic mass is 33.1. The number of nitrogens with two attached hydrogens (primary N) is 3. The van der Waals surface area contributed by atoms with Crippen molar-refractivity contribution in [3.63, 3.8) is 0 Å². The number of aldehydes is 1. The summed E-state index contributed by atoms with van der Waals surface area (Å²) in [6.07, 6.45) is 9.27. The number of rotatable bonds is 7. The first-order valence-electron chi connectivity index (χ1n) is 21.1. The molecule has 7 fully saturated rings. The van der Waals surface area contributed by atoms with Gasteiger partial charge in [0.05, 0.1) is 44.2 Å². The van der Waals surface area contributed by atoms with Crippen LogP contribution in [0.1, 0.15) is 71.6 Å². The molecule has 0 aromatic carbocycles. The number of aliphatic hydroxyl groups excluding tert-OH is 2. The summed E-state index contributed by atoms with van der Waals surface area (Å²) in [7, 11) is 5.57. The summed E-state index contributed by atoms with van der Waals surface area (Å²) >= 11 is 0. The molecule has 5 saturated heterocycles. The second-order valence-electron chi connectivity index (χ2n) is 18.1. The van der Waals surface area contributed by atoms with Gasteiger partial charge < -0.3 is 44.8 Å². The Labute approximate surface area is 337 Å². The Bertz CT molecular complexity index is 1620. The van der Waals surface area contributed by atoms with Crippen LogP contribution in [-0.4, -0.2) is 125 Å². The number of nitrogens with zero attached hydrogens (tertiary/aromatic N) is 1. The number of hydrogen-bond acceptors (Lipinski definition) is 12. The minimum atomic E-state index is -1.33. The van der Waals surface area contributed by atoms with E-state index in [9.17, 15) is 29.4 Å². The van der Waals surface area contributed by atoms with Gasteiger partial charge >= 0.3 is 11.9 Å². The van der Waals surface area contributed by atoms with Crippen LogP contribution in [0.2, 0.25) is 0 Å². The van der Waals surface area contributed by atoms with Crippen LogP contribution in [0.15, 0.2) is 23.3 Å². The monoisotopic (exact) mass is 818 g/mol. The molecule has 0 aromatic heterocycles. The molecule has 0 radical (unpaired) electrons. The van der Waals surface area contributed by atoms with Gasteiger partial charge in [0.2, 0.25) is 5.91 Å². The van der Waals surface area contributed by atoms with Crippen molar-refractivity contribution in [1.82, 2.24) is 4.90 Å². The Morgan fingerprint density at radius 3 is 2.71 bits per heavy atom. The summed E-state index contributed by atoms with van der Waals surface area (Å²) in [6, 6.07) is 0.246. The number of aliphatic hydroxyl groups is 2. The third-order valence-corrected chi connectivity index (χ3v) is 18.4. The highest BCUT2D eigenvalue weighted by Gasteiger charge is 2.70. The van der Waals surface area contributed by atoms with E-state index in [4.69, 9.17) is 19.9 Å². The molecule has 0 aromatic rings. The standard InChI is InChI=1S/C41H60N4O9S2/c1-4-21(7-8-46)39(51)54-40(2)27(19-48)10-26-20-55-56-32-11-25(18-47)37(43-3)29-17-45(38(29)32)34(49)12-24-16-44-33(42)13-28(24)36(26)41(40)15-23-9-22-5-6-35(50)52-30(22)14-31(23)53-41/h4,10,18,22-25,27-33,36-38,43-44,46,48H,5-9,11-17,19-20,42H2,1-3H3/p+2. The molecule has 1 amide bonds. The lowest BCUT2D eigenvalue weighted by atomic mass is 9.53. The van der Waals surface area contributed by atoms with Crippen molar-refractivity contribution < 1.29 is 54.2 Å². The number of amides is 1. The van der Waals surface area contributed by atoms with Gasteiger partial charge in [0.15, 0.2) is 0 Å². The highest BCUT2D eigenvalue weighted by Crippen LogP contribution is 2.63. The molecule has 16 unspecified atom stereocenters. The minimum absolute atomic E-state index is 0.0390. The van der Waals surface area contributed by atoms with Crippen LogP contribution in [0.4, 0.5) is 0 Å². The van der Waals surface area contributed by atoms with Crippen LogP contribution in [0.5, 0.6) is 0 Å². The smallest absolute Gasteiger partial charge is 0.334 e. The summed E-state index contributed by atoms with van der Waals surface area (Å²) < 4.78 is 20.3. The van der Waals surface area contributed by atoms with Gasteiger partial charge in [-0.25, -0.2) is 4.79 Å². The molecule has 13 nitrogen and oxygen atoms in total. The number of quaternary nitrogens is 2. The van der Waals surface area contributed by atoms with Gasteiger partial charge in [-0.2, -0.15) is 0 Å². The summed E-state index contributed by atoms with van der Waals surface area (Å²) in [5.41, 5.74) is 5.89. The lowest BCUT2D eigenvalue weighted by Gasteiger charge is -2.59. The summed E-state index contributed by atoms with van der Waals surface area (Å²) in [4.78, 5) is 55.7. The van der Waals surface area contributed by atoms with Crippen LogP contribution in [0.3, 0.4) is 0 Å². The lowest BCUT2D eigenvalue weighted by molar-refractivity contribution is -0.706. The lowest BCUT2D eigenvalue weighted by Crippen LogP contribution is -2.96. The van der Waals surface area contributed by atoms with E-state index in [1.165, 1.54) is 0 Å². The first kappa shape index (κ1) is 40.8. The Morgan fingerprint density at radius 2 is 1.98 bits per heavy atom. The molecule has 5 heterocycles. The predicted molar refractivity (Wildman–Crippen MR) is 209 cm³/mol. The Kier molecular flexibility index (Phi) is 11.8. The van der Waals surface area contributed by atoms with Crippen LogP contribution in [-0.2, 0) is 33.4 Å². The Balaban J connectivity index is 1.23. The average molecular weight is 819 g/mol. The maximum Gasteiger partial charge on any atom is 0.334 e. The predicted octanol–water partition coefficient (Wildman–Crippen LogP) is 0.287. The van der Waals surface area contributed by atoms with Gasteiger partial charge in [0.1, 0.15) is 35.8 Å². The van der Waals surface area contributed by atoms with Crippen LogP contribution in [0.25, 0.3) is 0 Å². The topological polar surface area (TPSA) is 199 Å². The van der Waals surface area contributed by atoms with Crippen molar-refractivity contribution in [2.45, 2.75) is 119 Å². The fourth-order valence-corrected chi connectivity index (χ4v) is 15.9. The summed E-state index contributed by atoms with van der Waals surface area (Å²) in [5.74, 6) is -0.412. The van der Waals surface area contributed by atoms with Gasteiger partial charge in [-0.05, 0) is 57.3 Å². The maximum atomic E-state index is 14.6. The van der Waals surface area contributed by atoms with Crippen molar-refractivity contribution in [1.29, 1.82) is 0 Å². The first-order valence-corrected chi connectivity index (χ1v) is 23.5. The molecule has 56 heavy (non-hydrogen) atoms. The molecule has 5 aliphatic heterocycles. The number of hydrogen-bond donors (Lipinski definition) is 5. The molecule has 8 aliphatic rings. The van der Waals surface area contributed by atoms with Crippen molar-refractivity contribution in [2.24, 2.45) is 53.1 Å². The number of piperidine rings is 1. The maximum absolute atomic E-state index is 14.6. The first-order chi connectivity index (χ1) is 27.0. The van der Waals surface area contributed by atoms with Crippen molar-refractivity contribution in [3.8, 4) is 0 Å². The Hall–Kier alpha value is -1.98. The molecule has 16 atom stereocenters. The molecule has 3 aliphatic carbocycles. The van der Waals surface area contributed by atoms with Gasteiger partial charge in [-0.1, -0.05) is 39.3 Å². The Morgan fingerprint density at radius 1 is 1.16 bits per heavy atom. The third kappa shape index (κ3) is 6.81. The second-order valence-corrected chi connectivity index (χ2v) is 20.8. The molecule has 8 rings (SSSR count). The van der Waals surface area contributed by atoms with E-state index < -0.39 is 23.1 Å². The number of carbonyl (C=O) groups is 4. The molecule has 8 N–H and O–H groups in total. The number of ether oxygens (including phenoxy) is 3. The molecule has 15 heteroatoms. The number of carbonyl (C=O) groups excluding carboxylic acids is 4. The zero-order valence-electron chi connectivity index (χ0n) is 33.0. The summed E-state index contributed by atoms with van der Waals surface area (Å²) in [6.45, 7) is 4.54. The molecular formula is C41H62N4O9S2+2. The van der Waals surface area contributed by atoms with E-state index >= 15 is 0 Å². The van der Waals surface area contributed by atoms with Crippen LogP contribution < -0.4 is 16.4 Å². The molecule has 0 bridgehead atoms. The van der Waals surface area contributed by atoms with E-state index in [2.05, 4.69) is 21.6 Å². The van der Waals surface area contributed by atoms with Crippen molar-refractivity contribution >= 4 is 45.7 Å². The second kappa shape index (κ2) is 16.2. The molecule has 1 spiro atoms. The van der Waals surface area contributed by atoms with E-state index in [-0.39, 0.29) is 109 Å². The third-order valence-electron chi connectivity index (χ3n) is 15.5. The largest absolute Gasteiger partial charge is 0.462 e. The van der Waals surface area contributed by atoms with Gasteiger partial charge in [0.25, 0.3) is 0 Å². The van der Waals surface area contributed by atoms with Crippen molar-refractivity contribution in [3.05, 3.63) is 23.3 Å². The van der Waals surface area contributed by atoms with E-state index in [1.807, 2.05) is 14.0 Å². The number of fused-ring (bicyclic) bond motifs is 6. The van der Waals surface area contributed by atoms with Crippen LogP contribution >= 0.6 is 21.6 Å². The zero-order valence-corrected chi connectivity index (χ0v) is 34.6. The summed E-state index contributed by atoms with van der Waals surface area (Å²) in [5, 5.41) is 25.6. The van der Waals surface area contributed by atoms with Gasteiger partial charge in [-0.15, -0.1) is 0 Å². The average Bonchev–Trinajstić information content (AvgIpc) is 3.53.